The summed E-state index contributed by atoms with van der Waals surface area (Å²) in [6.45, 7) is 3.36. The van der Waals surface area contributed by atoms with Crippen molar-refractivity contribution >= 4 is 21.4 Å². The molecular weight excluding hydrogens is 352 g/mol. The lowest BCUT2D eigenvalue weighted by Crippen LogP contribution is -2.56. The molecule has 134 valence electrons. The van der Waals surface area contributed by atoms with Gasteiger partial charge in [-0.2, -0.15) is 4.31 Å². The summed E-state index contributed by atoms with van der Waals surface area (Å²) in [6.07, 6.45) is 3.28. The molecule has 1 aromatic heterocycles. The summed E-state index contributed by atoms with van der Waals surface area (Å²) in [7, 11) is -3.20. The van der Waals surface area contributed by atoms with Gasteiger partial charge in [0.15, 0.2) is 0 Å². The topological polar surface area (TPSA) is 40.6 Å². The average molecular weight is 377 g/mol. The van der Waals surface area contributed by atoms with Gasteiger partial charge in [-0.25, -0.2) is 8.42 Å². The zero-order chi connectivity index (χ0) is 17.5. The van der Waals surface area contributed by atoms with E-state index in [0.29, 0.717) is 6.54 Å². The molecule has 4 rings (SSSR count). The van der Waals surface area contributed by atoms with Crippen LogP contribution in [0.3, 0.4) is 0 Å². The minimum atomic E-state index is -3.20. The number of nitrogens with zero attached hydrogens (tertiary/aromatic N) is 2. The fourth-order valence-electron chi connectivity index (χ4n) is 4.57. The van der Waals surface area contributed by atoms with E-state index in [0.717, 1.165) is 32.5 Å². The molecule has 6 heteroatoms. The van der Waals surface area contributed by atoms with Crippen LogP contribution >= 0.6 is 11.3 Å². The van der Waals surface area contributed by atoms with Crippen molar-refractivity contribution < 1.29 is 8.42 Å². The van der Waals surface area contributed by atoms with Gasteiger partial charge in [-0.15, -0.1) is 11.3 Å². The molecule has 0 saturated carbocycles. The molecule has 4 nitrogen and oxygen atoms in total. The van der Waals surface area contributed by atoms with E-state index < -0.39 is 10.0 Å². The number of piperidine rings is 1. The van der Waals surface area contributed by atoms with Gasteiger partial charge in [-0.3, -0.25) is 4.90 Å². The molecule has 2 aliphatic rings. The Hall–Kier alpha value is -1.21. The Kier molecular flexibility index (Phi) is 4.48. The number of sulfonamides is 1. The Labute approximate surface area is 154 Å². The summed E-state index contributed by atoms with van der Waals surface area (Å²) in [5, 5.41) is 2.10. The molecule has 2 atom stereocenters. The number of rotatable bonds is 4. The first-order chi connectivity index (χ1) is 12.0. The lowest BCUT2D eigenvalue weighted by molar-refractivity contribution is 0.111. The zero-order valence-corrected chi connectivity index (χ0v) is 16.1. The molecule has 25 heavy (non-hydrogen) atoms. The van der Waals surface area contributed by atoms with Crippen LogP contribution in [0.25, 0.3) is 0 Å². The summed E-state index contributed by atoms with van der Waals surface area (Å²) in [5.74, 6) is 0. The summed E-state index contributed by atoms with van der Waals surface area (Å²) in [4.78, 5) is 3.76. The minimum Gasteiger partial charge on any atom is -0.297 e. The predicted molar refractivity (Wildman–Crippen MR) is 102 cm³/mol. The smallest absolute Gasteiger partial charge is 0.211 e. The van der Waals surface area contributed by atoms with Crippen LogP contribution in [0.2, 0.25) is 0 Å². The first kappa shape index (κ1) is 17.2. The van der Waals surface area contributed by atoms with Gasteiger partial charge < -0.3 is 0 Å². The number of benzene rings is 1. The van der Waals surface area contributed by atoms with Crippen LogP contribution in [0.5, 0.6) is 0 Å². The third-order valence-electron chi connectivity index (χ3n) is 5.80. The third kappa shape index (κ3) is 3.16. The van der Waals surface area contributed by atoms with Crippen molar-refractivity contribution in [2.45, 2.75) is 30.8 Å². The van der Waals surface area contributed by atoms with Crippen LogP contribution in [0.15, 0.2) is 47.8 Å². The van der Waals surface area contributed by atoms with E-state index in [1.54, 1.807) is 15.6 Å². The van der Waals surface area contributed by atoms with E-state index in [9.17, 15) is 8.42 Å². The van der Waals surface area contributed by atoms with E-state index in [-0.39, 0.29) is 11.5 Å². The maximum atomic E-state index is 12.4. The lowest BCUT2D eigenvalue weighted by Gasteiger charge is -2.46. The van der Waals surface area contributed by atoms with Gasteiger partial charge >= 0.3 is 0 Å². The second-order valence-corrected chi connectivity index (χ2v) is 10.2. The first-order valence-electron chi connectivity index (χ1n) is 8.76. The van der Waals surface area contributed by atoms with Gasteiger partial charge in [-0.05, 0) is 36.4 Å². The first-order valence-corrected chi connectivity index (χ1v) is 11.5. The molecule has 0 N–H and O–H groups in total. The van der Waals surface area contributed by atoms with Crippen molar-refractivity contribution in [1.29, 1.82) is 0 Å². The predicted octanol–water partition coefficient (Wildman–Crippen LogP) is 2.93. The van der Waals surface area contributed by atoms with E-state index in [4.69, 9.17) is 0 Å². The second-order valence-electron chi connectivity index (χ2n) is 7.23. The number of hydrogen-bond acceptors (Lipinski definition) is 4. The number of likely N-dealkylation sites (tertiary alicyclic amines) is 1. The molecule has 2 aromatic rings. The molecule has 2 aliphatic heterocycles. The summed E-state index contributed by atoms with van der Waals surface area (Å²) in [6, 6.07) is 14.8. The summed E-state index contributed by atoms with van der Waals surface area (Å²) in [5.41, 5.74) is 1.25. The molecule has 0 unspecified atom stereocenters. The van der Waals surface area contributed by atoms with Gasteiger partial charge in [0.2, 0.25) is 10.0 Å². The fourth-order valence-corrected chi connectivity index (χ4v) is 6.47. The van der Waals surface area contributed by atoms with Crippen molar-refractivity contribution in [3.63, 3.8) is 0 Å². The van der Waals surface area contributed by atoms with Crippen molar-refractivity contribution in [3.8, 4) is 0 Å². The van der Waals surface area contributed by atoms with Gasteiger partial charge in [0.1, 0.15) is 0 Å². The maximum Gasteiger partial charge on any atom is 0.211 e. The normalized spacial score (nSPS) is 28.1. The minimum absolute atomic E-state index is 0.0265. The van der Waals surface area contributed by atoms with E-state index in [2.05, 4.69) is 46.7 Å². The van der Waals surface area contributed by atoms with Crippen LogP contribution in [-0.2, 0) is 22.0 Å². The molecule has 1 aromatic carbocycles. The number of fused-ring (bicyclic) bond motifs is 1. The molecule has 3 heterocycles. The zero-order valence-electron chi connectivity index (χ0n) is 14.5. The van der Waals surface area contributed by atoms with Gasteiger partial charge in [0.05, 0.1) is 6.26 Å². The van der Waals surface area contributed by atoms with Crippen molar-refractivity contribution in [2.24, 2.45) is 0 Å². The Balaban J connectivity index is 1.66. The molecule has 0 bridgehead atoms. The van der Waals surface area contributed by atoms with Gasteiger partial charge in [0, 0.05) is 36.0 Å². The van der Waals surface area contributed by atoms with Gasteiger partial charge in [0.25, 0.3) is 0 Å². The molecule has 0 spiro atoms. The number of thiophene rings is 1. The Morgan fingerprint density at radius 1 is 1.12 bits per heavy atom. The van der Waals surface area contributed by atoms with Crippen LogP contribution in [0, 0.1) is 0 Å². The van der Waals surface area contributed by atoms with Crippen LogP contribution in [0.4, 0.5) is 0 Å². The highest BCUT2D eigenvalue weighted by atomic mass is 32.2. The highest BCUT2D eigenvalue weighted by Gasteiger charge is 2.53. The largest absolute Gasteiger partial charge is 0.297 e. The fraction of sp³-hybridized carbons (Fsp3) is 0.474. The van der Waals surface area contributed by atoms with Crippen LogP contribution in [-0.4, -0.2) is 49.6 Å². The standard InChI is InChI=1S/C19H24N2O2S2/c1-25(22,23)21-12-10-19(16-6-3-2-4-7-16)9-11-20(15-18(19)21)14-17-8-5-13-24-17/h2-8,13,18H,9-12,14-15H2,1H3/t18-,19-/m0/s1. The van der Waals surface area contributed by atoms with E-state index in [1.807, 2.05) is 6.07 Å². The van der Waals surface area contributed by atoms with Crippen molar-refractivity contribution in [2.75, 3.05) is 25.9 Å². The van der Waals surface area contributed by atoms with Crippen molar-refractivity contribution in [3.05, 3.63) is 58.3 Å². The number of hydrogen-bond donors (Lipinski definition) is 0. The summed E-state index contributed by atoms with van der Waals surface area (Å²) >= 11 is 1.77. The molecule has 2 fully saturated rings. The van der Waals surface area contributed by atoms with E-state index in [1.165, 1.54) is 16.7 Å². The maximum absolute atomic E-state index is 12.4. The van der Waals surface area contributed by atoms with Crippen molar-refractivity contribution in [1.82, 2.24) is 9.21 Å². The molecule has 0 aliphatic carbocycles. The lowest BCUT2D eigenvalue weighted by atomic mass is 9.69. The van der Waals surface area contributed by atoms with Gasteiger partial charge in [-0.1, -0.05) is 36.4 Å². The highest BCUT2D eigenvalue weighted by Crippen LogP contribution is 2.46. The average Bonchev–Trinajstić information content (AvgIpc) is 3.23. The Morgan fingerprint density at radius 2 is 1.88 bits per heavy atom. The molecule has 0 radical (unpaired) electrons. The third-order valence-corrected chi connectivity index (χ3v) is 7.95. The highest BCUT2D eigenvalue weighted by molar-refractivity contribution is 7.88. The van der Waals surface area contributed by atoms with Crippen LogP contribution < -0.4 is 0 Å². The second kappa shape index (κ2) is 6.50. The Bertz CT molecular complexity index is 820. The Morgan fingerprint density at radius 3 is 2.56 bits per heavy atom. The van der Waals surface area contributed by atoms with Crippen LogP contribution in [0.1, 0.15) is 23.3 Å². The van der Waals surface area contributed by atoms with E-state index >= 15 is 0 Å². The molecular formula is C19H24N2O2S2. The quantitative estimate of drug-likeness (QED) is 0.824. The molecule has 0 amide bonds. The SMILES string of the molecule is CS(=O)(=O)N1CC[C@]2(c3ccccc3)CCN(Cc3cccs3)C[C@H]12. The summed E-state index contributed by atoms with van der Waals surface area (Å²) < 4.78 is 26.5. The monoisotopic (exact) mass is 376 g/mol. The molecule has 2 saturated heterocycles.